The molecule has 4 aromatic carbocycles. The predicted molar refractivity (Wildman–Crippen MR) is 183 cm³/mol. The standard InChI is InChI=1S/C33H22Br2Cl2N2O5/c1-41-20-14-21(42-2)27-29-23(15-5-9-17(36)10-6-15)25-19(13-22(43-3)28(34)31(25)44-4)38(29)33(40)39-30(27)26(20)24(32(39)35)16-7-11-18(37)12-8-16/h5-14H,1-4H3. The predicted octanol–water partition coefficient (Wildman–Crippen LogP) is 9.50. The van der Waals surface area contributed by atoms with Crippen molar-refractivity contribution in [1.29, 1.82) is 0 Å². The van der Waals surface area contributed by atoms with Crippen molar-refractivity contribution in [2.24, 2.45) is 0 Å². The molecule has 44 heavy (non-hydrogen) atoms. The van der Waals surface area contributed by atoms with Gasteiger partial charge in [0, 0.05) is 33.3 Å². The molecule has 0 fully saturated rings. The molecule has 3 heterocycles. The molecule has 0 unspecified atom stereocenters. The third-order valence-electron chi connectivity index (χ3n) is 7.97. The molecule has 222 valence electrons. The lowest BCUT2D eigenvalue weighted by molar-refractivity contribution is 0.393. The zero-order valence-corrected chi connectivity index (χ0v) is 28.4. The van der Waals surface area contributed by atoms with Gasteiger partial charge in [0.05, 0.1) is 61.1 Å². The molecule has 0 aliphatic heterocycles. The summed E-state index contributed by atoms with van der Waals surface area (Å²) < 4.78 is 28.2. The first-order valence-corrected chi connectivity index (χ1v) is 15.6. The molecular weight excluding hydrogens is 735 g/mol. The van der Waals surface area contributed by atoms with Crippen LogP contribution in [0.2, 0.25) is 10.0 Å². The fraction of sp³-hybridized carbons (Fsp3) is 0.121. The zero-order chi connectivity index (χ0) is 31.0. The van der Waals surface area contributed by atoms with E-state index in [1.807, 2.05) is 60.7 Å². The Morgan fingerprint density at radius 1 is 0.614 bits per heavy atom. The van der Waals surface area contributed by atoms with E-state index in [0.717, 1.165) is 33.0 Å². The van der Waals surface area contributed by atoms with Crippen molar-refractivity contribution in [3.8, 4) is 45.3 Å². The van der Waals surface area contributed by atoms with Gasteiger partial charge < -0.3 is 18.9 Å². The molecule has 0 saturated carbocycles. The van der Waals surface area contributed by atoms with Crippen LogP contribution in [0.15, 0.2) is 74.5 Å². The molecule has 0 bridgehead atoms. The molecule has 7 rings (SSSR count). The Kier molecular flexibility index (Phi) is 7.12. The number of halogens is 4. The van der Waals surface area contributed by atoms with Gasteiger partial charge in [0.15, 0.2) is 0 Å². The molecule has 0 N–H and O–H groups in total. The highest BCUT2D eigenvalue weighted by Crippen LogP contribution is 2.53. The number of aromatic nitrogens is 2. The van der Waals surface area contributed by atoms with Crippen molar-refractivity contribution in [3.05, 3.63) is 90.3 Å². The summed E-state index contributed by atoms with van der Waals surface area (Å²) in [6, 6.07) is 18.6. The number of nitrogens with zero attached hydrogens (tertiary/aromatic N) is 2. The van der Waals surface area contributed by atoms with Gasteiger partial charge in [-0.05, 0) is 67.3 Å². The average Bonchev–Trinajstić information content (AvgIpc) is 3.53. The van der Waals surface area contributed by atoms with E-state index in [1.54, 1.807) is 37.2 Å². The minimum atomic E-state index is -0.309. The van der Waals surface area contributed by atoms with E-state index in [1.165, 1.54) is 0 Å². The van der Waals surface area contributed by atoms with Crippen molar-refractivity contribution in [1.82, 2.24) is 8.80 Å². The van der Waals surface area contributed by atoms with Crippen LogP contribution in [0.3, 0.4) is 0 Å². The quantitative estimate of drug-likeness (QED) is 0.169. The average molecular weight is 757 g/mol. The molecule has 11 heteroatoms. The molecule has 0 aliphatic carbocycles. The second-order valence-electron chi connectivity index (χ2n) is 10.1. The minimum Gasteiger partial charge on any atom is -0.496 e. The molecule has 0 saturated heterocycles. The molecule has 3 aromatic heterocycles. The topological polar surface area (TPSA) is 62.8 Å². The summed E-state index contributed by atoms with van der Waals surface area (Å²) in [5.41, 5.74) is 4.80. The van der Waals surface area contributed by atoms with Gasteiger partial charge in [-0.2, -0.15) is 0 Å². The van der Waals surface area contributed by atoms with Gasteiger partial charge in [0.1, 0.15) is 32.1 Å². The van der Waals surface area contributed by atoms with Gasteiger partial charge in [-0.15, -0.1) is 0 Å². The lowest BCUT2D eigenvalue weighted by atomic mass is 9.98. The maximum Gasteiger partial charge on any atom is 0.338 e. The van der Waals surface area contributed by atoms with Crippen molar-refractivity contribution in [2.45, 2.75) is 0 Å². The number of rotatable bonds is 6. The van der Waals surface area contributed by atoms with Crippen molar-refractivity contribution in [2.75, 3.05) is 28.4 Å². The molecular formula is C33H22Br2Cl2N2O5. The van der Waals surface area contributed by atoms with Gasteiger partial charge in [-0.25, -0.2) is 4.79 Å². The molecule has 0 aliphatic rings. The number of hydrogen-bond donors (Lipinski definition) is 0. The Bertz CT molecular complexity index is 2330. The van der Waals surface area contributed by atoms with Gasteiger partial charge in [0.25, 0.3) is 0 Å². The summed E-state index contributed by atoms with van der Waals surface area (Å²) in [6.07, 6.45) is 0. The van der Waals surface area contributed by atoms with Crippen LogP contribution in [0.1, 0.15) is 0 Å². The van der Waals surface area contributed by atoms with Crippen LogP contribution in [0.4, 0.5) is 0 Å². The first-order valence-electron chi connectivity index (χ1n) is 13.3. The smallest absolute Gasteiger partial charge is 0.338 e. The molecule has 0 spiro atoms. The minimum absolute atomic E-state index is 0.309. The highest BCUT2D eigenvalue weighted by atomic mass is 79.9. The van der Waals surface area contributed by atoms with Crippen LogP contribution < -0.4 is 24.6 Å². The Morgan fingerprint density at radius 3 is 1.70 bits per heavy atom. The summed E-state index contributed by atoms with van der Waals surface area (Å²) in [5.74, 6) is 2.11. The molecule has 0 radical (unpaired) electrons. The van der Waals surface area contributed by atoms with Crippen molar-refractivity contribution >= 4 is 87.8 Å². The lowest BCUT2D eigenvalue weighted by Gasteiger charge is -2.14. The Hall–Kier alpha value is -3.63. The molecule has 7 nitrogen and oxygen atoms in total. The fourth-order valence-electron chi connectivity index (χ4n) is 6.15. The number of methoxy groups -OCH3 is 4. The SMILES string of the molecule is COc1cc2c(c(OC)c1Br)c(-c1ccc(Cl)cc1)c1c3c(OC)cc(OC)c4c(-c5ccc(Cl)cc5)c(Br)n(c(=O)n21)c43. The highest BCUT2D eigenvalue weighted by molar-refractivity contribution is 9.11. The maximum absolute atomic E-state index is 14.9. The number of hydrogen-bond acceptors (Lipinski definition) is 5. The van der Waals surface area contributed by atoms with E-state index in [2.05, 4.69) is 31.9 Å². The lowest BCUT2D eigenvalue weighted by Crippen LogP contribution is -2.21. The number of benzene rings is 4. The summed E-state index contributed by atoms with van der Waals surface area (Å²) in [6.45, 7) is 0. The fourth-order valence-corrected chi connectivity index (χ4v) is 7.79. The summed E-state index contributed by atoms with van der Waals surface area (Å²) >= 11 is 20.0. The molecule has 7 aromatic rings. The second kappa shape index (κ2) is 10.8. The first-order chi connectivity index (χ1) is 21.2. The van der Waals surface area contributed by atoms with Crippen molar-refractivity contribution < 1.29 is 18.9 Å². The summed E-state index contributed by atoms with van der Waals surface area (Å²) in [5, 5.41) is 3.37. The van der Waals surface area contributed by atoms with Crippen LogP contribution in [0.5, 0.6) is 23.0 Å². The van der Waals surface area contributed by atoms with Crippen LogP contribution in [0, 0.1) is 0 Å². The van der Waals surface area contributed by atoms with E-state index >= 15 is 0 Å². The Morgan fingerprint density at radius 2 is 1.16 bits per heavy atom. The number of ether oxygens (including phenoxy) is 4. The van der Waals surface area contributed by atoms with Crippen LogP contribution in [0.25, 0.3) is 55.0 Å². The molecule has 0 atom stereocenters. The Balaban J connectivity index is 1.85. The van der Waals surface area contributed by atoms with E-state index in [0.29, 0.717) is 64.1 Å². The third kappa shape index (κ3) is 3.96. The van der Waals surface area contributed by atoms with Gasteiger partial charge in [-0.3, -0.25) is 8.80 Å². The maximum atomic E-state index is 14.9. The van der Waals surface area contributed by atoms with Crippen LogP contribution in [-0.2, 0) is 0 Å². The third-order valence-corrected chi connectivity index (χ3v) is 9.98. The largest absolute Gasteiger partial charge is 0.496 e. The van der Waals surface area contributed by atoms with Crippen molar-refractivity contribution in [3.63, 3.8) is 0 Å². The monoisotopic (exact) mass is 754 g/mol. The molecule has 0 amide bonds. The number of fused-ring (bicyclic) bond motifs is 4. The van der Waals surface area contributed by atoms with Gasteiger partial charge >= 0.3 is 5.69 Å². The van der Waals surface area contributed by atoms with Crippen LogP contribution in [-0.4, -0.2) is 37.2 Å². The van der Waals surface area contributed by atoms with E-state index in [4.69, 9.17) is 42.1 Å². The normalized spacial score (nSPS) is 11.7. The summed E-state index contributed by atoms with van der Waals surface area (Å²) in [7, 11) is 6.37. The van der Waals surface area contributed by atoms with Gasteiger partial charge in [-0.1, -0.05) is 47.5 Å². The van der Waals surface area contributed by atoms with E-state index in [9.17, 15) is 4.79 Å². The van der Waals surface area contributed by atoms with Gasteiger partial charge in [0.2, 0.25) is 0 Å². The first kappa shape index (κ1) is 29.1. The van der Waals surface area contributed by atoms with E-state index in [-0.39, 0.29) is 5.69 Å². The highest BCUT2D eigenvalue weighted by Gasteiger charge is 2.32. The Labute approximate surface area is 278 Å². The summed E-state index contributed by atoms with van der Waals surface area (Å²) in [4.78, 5) is 14.9. The van der Waals surface area contributed by atoms with Crippen LogP contribution >= 0.6 is 55.1 Å². The van der Waals surface area contributed by atoms with E-state index < -0.39 is 0 Å². The zero-order valence-electron chi connectivity index (χ0n) is 23.7. The second-order valence-corrected chi connectivity index (χ2v) is 12.5.